The number of nitrogens with zero attached hydrogens (tertiary/aromatic N) is 1. The van der Waals surface area contributed by atoms with Crippen molar-refractivity contribution >= 4 is 22.9 Å². The molecule has 0 unspecified atom stereocenters. The van der Waals surface area contributed by atoms with Crippen molar-refractivity contribution < 1.29 is 13.6 Å². The maximum absolute atomic E-state index is 13.9. The van der Waals surface area contributed by atoms with E-state index in [0.717, 1.165) is 18.4 Å². The third-order valence-electron chi connectivity index (χ3n) is 4.05. The molecule has 4 rings (SSSR count). The number of rotatable bonds is 4. The number of halogens is 2. The van der Waals surface area contributed by atoms with E-state index in [9.17, 15) is 13.6 Å². The molecule has 3 nitrogen and oxygen atoms in total. The molecule has 1 saturated carbocycles. The van der Waals surface area contributed by atoms with E-state index in [0.29, 0.717) is 10.7 Å². The van der Waals surface area contributed by atoms with Crippen molar-refractivity contribution in [1.82, 2.24) is 4.98 Å². The van der Waals surface area contributed by atoms with Crippen LogP contribution in [0.1, 0.15) is 12.8 Å². The fourth-order valence-electron chi connectivity index (χ4n) is 2.58. The second-order valence-corrected chi connectivity index (χ2v) is 6.84. The average molecular weight is 356 g/mol. The number of hydrogen-bond donors (Lipinski definition) is 1. The van der Waals surface area contributed by atoms with Gasteiger partial charge in [0.2, 0.25) is 5.91 Å². The largest absolute Gasteiger partial charge is 0.326 e. The standard InChI is InChI=1S/C19H14F2N2OS/c20-14-5-2-6-15(21)17(14)16-10-25-19(23-16)12-3-1-4-13(9-12)22-18(24)11-7-8-11/h1-6,9-11H,7-8H2,(H,22,24). The van der Waals surface area contributed by atoms with Crippen LogP contribution in [0, 0.1) is 17.6 Å². The smallest absolute Gasteiger partial charge is 0.227 e. The van der Waals surface area contributed by atoms with Gasteiger partial charge in [0.15, 0.2) is 0 Å². The SMILES string of the molecule is O=C(Nc1cccc(-c2nc(-c3c(F)cccc3F)cs2)c1)C1CC1. The van der Waals surface area contributed by atoms with Crippen molar-refractivity contribution in [2.45, 2.75) is 12.8 Å². The summed E-state index contributed by atoms with van der Waals surface area (Å²) in [6, 6.07) is 11.1. The van der Waals surface area contributed by atoms with Crippen molar-refractivity contribution in [3.63, 3.8) is 0 Å². The van der Waals surface area contributed by atoms with Gasteiger partial charge in [0.1, 0.15) is 16.6 Å². The molecule has 1 aliphatic rings. The van der Waals surface area contributed by atoms with Crippen LogP contribution in [-0.4, -0.2) is 10.9 Å². The summed E-state index contributed by atoms with van der Waals surface area (Å²) in [6.45, 7) is 0. The number of benzene rings is 2. The van der Waals surface area contributed by atoms with Crippen LogP contribution in [0.3, 0.4) is 0 Å². The van der Waals surface area contributed by atoms with E-state index in [4.69, 9.17) is 0 Å². The molecule has 0 bridgehead atoms. The van der Waals surface area contributed by atoms with Crippen LogP contribution in [0.25, 0.3) is 21.8 Å². The van der Waals surface area contributed by atoms with E-state index < -0.39 is 11.6 Å². The molecular weight excluding hydrogens is 342 g/mol. The molecule has 0 aliphatic heterocycles. The van der Waals surface area contributed by atoms with Crippen LogP contribution in [0.15, 0.2) is 47.8 Å². The molecule has 3 aromatic rings. The molecule has 0 spiro atoms. The zero-order valence-corrected chi connectivity index (χ0v) is 13.9. The van der Waals surface area contributed by atoms with Gasteiger partial charge in [-0.15, -0.1) is 11.3 Å². The van der Waals surface area contributed by atoms with E-state index in [1.165, 1.54) is 29.5 Å². The van der Waals surface area contributed by atoms with E-state index in [1.54, 1.807) is 5.38 Å². The van der Waals surface area contributed by atoms with Crippen LogP contribution < -0.4 is 5.32 Å². The van der Waals surface area contributed by atoms with E-state index in [1.807, 2.05) is 24.3 Å². The molecule has 6 heteroatoms. The van der Waals surface area contributed by atoms with Crippen LogP contribution >= 0.6 is 11.3 Å². The average Bonchev–Trinajstić information content (AvgIpc) is 3.34. The first kappa shape index (κ1) is 15.9. The molecule has 1 N–H and O–H groups in total. The Kier molecular flexibility index (Phi) is 4.05. The third-order valence-corrected chi connectivity index (χ3v) is 4.94. The molecule has 0 radical (unpaired) electrons. The molecule has 2 aromatic carbocycles. The van der Waals surface area contributed by atoms with Crippen molar-refractivity contribution in [3.05, 3.63) is 59.5 Å². The van der Waals surface area contributed by atoms with Crippen molar-refractivity contribution in [2.24, 2.45) is 5.92 Å². The van der Waals surface area contributed by atoms with Crippen LogP contribution in [-0.2, 0) is 4.79 Å². The van der Waals surface area contributed by atoms with E-state index >= 15 is 0 Å². The van der Waals surface area contributed by atoms with Crippen LogP contribution in [0.4, 0.5) is 14.5 Å². The van der Waals surface area contributed by atoms with Gasteiger partial charge in [-0.05, 0) is 37.1 Å². The first-order valence-corrected chi connectivity index (χ1v) is 8.81. The molecule has 1 amide bonds. The minimum atomic E-state index is -0.637. The summed E-state index contributed by atoms with van der Waals surface area (Å²) in [6.07, 6.45) is 1.88. The van der Waals surface area contributed by atoms with Gasteiger partial charge in [0.25, 0.3) is 0 Å². The second kappa shape index (κ2) is 6.37. The zero-order chi connectivity index (χ0) is 17.4. The molecule has 0 atom stereocenters. The van der Waals surface area contributed by atoms with Gasteiger partial charge in [-0.1, -0.05) is 18.2 Å². The van der Waals surface area contributed by atoms with Gasteiger partial charge in [0, 0.05) is 22.5 Å². The minimum Gasteiger partial charge on any atom is -0.326 e. The summed E-state index contributed by atoms with van der Waals surface area (Å²) >= 11 is 1.30. The monoisotopic (exact) mass is 356 g/mol. The lowest BCUT2D eigenvalue weighted by Crippen LogP contribution is -2.13. The fourth-order valence-corrected chi connectivity index (χ4v) is 3.39. The zero-order valence-electron chi connectivity index (χ0n) is 13.1. The first-order chi connectivity index (χ1) is 12.1. The normalized spacial score (nSPS) is 13.7. The number of hydrogen-bond acceptors (Lipinski definition) is 3. The van der Waals surface area contributed by atoms with Gasteiger partial charge in [-0.25, -0.2) is 13.8 Å². The molecule has 0 saturated heterocycles. The fraction of sp³-hybridized carbons (Fsp3) is 0.158. The quantitative estimate of drug-likeness (QED) is 0.706. The summed E-state index contributed by atoms with van der Waals surface area (Å²) < 4.78 is 27.8. The number of nitrogens with one attached hydrogen (secondary N) is 1. The first-order valence-electron chi connectivity index (χ1n) is 7.93. The lowest BCUT2D eigenvalue weighted by molar-refractivity contribution is -0.117. The molecule has 1 fully saturated rings. The molecule has 126 valence electrons. The highest BCUT2D eigenvalue weighted by atomic mass is 32.1. The Bertz CT molecular complexity index is 930. The predicted octanol–water partition coefficient (Wildman–Crippen LogP) is 5.10. The van der Waals surface area contributed by atoms with Gasteiger partial charge in [-0.2, -0.15) is 0 Å². The third kappa shape index (κ3) is 3.30. The second-order valence-electron chi connectivity index (χ2n) is 5.98. The predicted molar refractivity (Wildman–Crippen MR) is 94.3 cm³/mol. The molecule has 25 heavy (non-hydrogen) atoms. The molecule has 1 heterocycles. The van der Waals surface area contributed by atoms with Crippen LogP contribution in [0.2, 0.25) is 0 Å². The number of carbonyl (C=O) groups is 1. The Labute approximate surface area is 147 Å². The summed E-state index contributed by atoms with van der Waals surface area (Å²) in [7, 11) is 0. The number of thiazole rings is 1. The van der Waals surface area contributed by atoms with Crippen molar-refractivity contribution in [3.8, 4) is 21.8 Å². The highest BCUT2D eigenvalue weighted by molar-refractivity contribution is 7.13. The lowest BCUT2D eigenvalue weighted by atomic mass is 10.1. The Morgan fingerprint density at radius 1 is 1.12 bits per heavy atom. The summed E-state index contributed by atoms with van der Waals surface area (Å²) in [5, 5.41) is 5.16. The van der Waals surface area contributed by atoms with Crippen molar-refractivity contribution in [2.75, 3.05) is 5.32 Å². The minimum absolute atomic E-state index is 0.0328. The number of amides is 1. The Morgan fingerprint density at radius 2 is 1.84 bits per heavy atom. The van der Waals surface area contributed by atoms with Crippen molar-refractivity contribution in [1.29, 1.82) is 0 Å². The van der Waals surface area contributed by atoms with Gasteiger partial charge < -0.3 is 5.32 Å². The summed E-state index contributed by atoms with van der Waals surface area (Å²) in [5.74, 6) is -1.12. The molecule has 1 aliphatic carbocycles. The maximum atomic E-state index is 13.9. The summed E-state index contributed by atoms with van der Waals surface area (Å²) in [5.41, 5.74) is 1.64. The number of carbonyl (C=O) groups excluding carboxylic acids is 1. The van der Waals surface area contributed by atoms with E-state index in [-0.39, 0.29) is 23.1 Å². The Balaban J connectivity index is 1.63. The molecule has 1 aromatic heterocycles. The Morgan fingerprint density at radius 3 is 2.56 bits per heavy atom. The van der Waals surface area contributed by atoms with Gasteiger partial charge in [-0.3, -0.25) is 4.79 Å². The number of aromatic nitrogens is 1. The van der Waals surface area contributed by atoms with Gasteiger partial charge >= 0.3 is 0 Å². The Hall–Kier alpha value is -2.60. The highest BCUT2D eigenvalue weighted by Crippen LogP contribution is 2.33. The van der Waals surface area contributed by atoms with E-state index in [2.05, 4.69) is 10.3 Å². The highest BCUT2D eigenvalue weighted by Gasteiger charge is 2.29. The number of anilines is 1. The molecular formula is C19H14F2N2OS. The lowest BCUT2D eigenvalue weighted by Gasteiger charge is -2.05. The van der Waals surface area contributed by atoms with Gasteiger partial charge in [0.05, 0.1) is 11.3 Å². The van der Waals surface area contributed by atoms with Crippen LogP contribution in [0.5, 0.6) is 0 Å². The summed E-state index contributed by atoms with van der Waals surface area (Å²) in [4.78, 5) is 16.2. The topological polar surface area (TPSA) is 42.0 Å². The maximum Gasteiger partial charge on any atom is 0.227 e.